The molecular weight excluding hydrogens is 275 g/mol. The number of hydrogen-bond acceptors (Lipinski definition) is 2. The summed E-state index contributed by atoms with van der Waals surface area (Å²) in [7, 11) is 0. The highest BCUT2D eigenvalue weighted by Crippen LogP contribution is 2.25. The lowest BCUT2D eigenvalue weighted by Gasteiger charge is -2.07. The molecule has 2 aromatic rings. The van der Waals surface area contributed by atoms with Crippen LogP contribution < -0.4 is 10.9 Å². The molecule has 0 atom stereocenters. The van der Waals surface area contributed by atoms with E-state index >= 15 is 0 Å². The number of anilines is 1. The van der Waals surface area contributed by atoms with Crippen LogP contribution in [0.25, 0.3) is 0 Å². The van der Waals surface area contributed by atoms with Gasteiger partial charge in [-0.1, -0.05) is 23.2 Å². The first-order valence-corrected chi connectivity index (χ1v) is 5.77. The van der Waals surface area contributed by atoms with E-state index in [0.717, 1.165) is 0 Å². The van der Waals surface area contributed by atoms with Crippen molar-refractivity contribution >= 4 is 34.8 Å². The van der Waals surface area contributed by atoms with Gasteiger partial charge in [-0.2, -0.15) is 0 Å². The van der Waals surface area contributed by atoms with Gasteiger partial charge in [-0.25, -0.2) is 0 Å². The zero-order valence-corrected chi connectivity index (χ0v) is 10.5. The third kappa shape index (κ3) is 2.91. The second-order valence-corrected chi connectivity index (χ2v) is 4.36. The van der Waals surface area contributed by atoms with Crippen LogP contribution in [0.15, 0.2) is 41.3 Å². The van der Waals surface area contributed by atoms with Crippen LogP contribution in [0.3, 0.4) is 0 Å². The van der Waals surface area contributed by atoms with Crippen molar-refractivity contribution in [3.63, 3.8) is 0 Å². The zero-order valence-electron chi connectivity index (χ0n) is 9.04. The van der Waals surface area contributed by atoms with Gasteiger partial charge in [-0.05, 0) is 24.3 Å². The maximum Gasteiger partial charge on any atom is 0.257 e. The zero-order chi connectivity index (χ0) is 13.1. The fraction of sp³-hybridized carbons (Fsp3) is 0. The summed E-state index contributed by atoms with van der Waals surface area (Å²) in [4.78, 5) is 25.1. The largest absolute Gasteiger partial charge is 0.328 e. The summed E-state index contributed by atoms with van der Waals surface area (Å²) < 4.78 is 0. The molecule has 0 aliphatic heterocycles. The standard InChI is InChI=1S/C12H8Cl2N2O2/c13-8-2-3-10(9(14)5-8)16-12(18)7-1-4-11(17)15-6-7/h1-6H,(H,15,17)(H,16,18). The minimum atomic E-state index is -0.365. The van der Waals surface area contributed by atoms with Gasteiger partial charge in [0.1, 0.15) is 0 Å². The molecule has 1 aromatic heterocycles. The third-order valence-electron chi connectivity index (χ3n) is 2.23. The topological polar surface area (TPSA) is 62.0 Å². The molecule has 6 heteroatoms. The molecular formula is C12H8Cl2N2O2. The number of nitrogens with one attached hydrogen (secondary N) is 2. The van der Waals surface area contributed by atoms with Gasteiger partial charge in [0.05, 0.1) is 16.3 Å². The molecule has 0 saturated heterocycles. The smallest absolute Gasteiger partial charge is 0.257 e. The van der Waals surface area contributed by atoms with Crippen LogP contribution in [0.1, 0.15) is 10.4 Å². The first-order chi connectivity index (χ1) is 8.56. The van der Waals surface area contributed by atoms with Gasteiger partial charge in [0.25, 0.3) is 5.91 Å². The Bertz CT molecular complexity index is 632. The van der Waals surface area contributed by atoms with Crippen molar-refractivity contribution in [1.29, 1.82) is 0 Å². The van der Waals surface area contributed by atoms with Crippen LogP contribution in [-0.4, -0.2) is 10.9 Å². The van der Waals surface area contributed by atoms with E-state index in [1.54, 1.807) is 12.1 Å². The van der Waals surface area contributed by atoms with Gasteiger partial charge in [-0.3, -0.25) is 9.59 Å². The molecule has 92 valence electrons. The minimum Gasteiger partial charge on any atom is -0.328 e. The molecule has 0 aliphatic carbocycles. The Morgan fingerprint density at radius 2 is 1.94 bits per heavy atom. The molecule has 2 N–H and O–H groups in total. The molecule has 0 aliphatic rings. The van der Waals surface area contributed by atoms with Crippen LogP contribution >= 0.6 is 23.2 Å². The van der Waals surface area contributed by atoms with Crippen molar-refractivity contribution in [2.75, 3.05) is 5.32 Å². The van der Waals surface area contributed by atoms with Crippen molar-refractivity contribution < 1.29 is 4.79 Å². The Labute approximate surface area is 113 Å². The van der Waals surface area contributed by atoms with Gasteiger partial charge in [-0.15, -0.1) is 0 Å². The Kier molecular flexibility index (Phi) is 3.69. The average Bonchev–Trinajstić information content (AvgIpc) is 2.33. The molecule has 0 saturated carbocycles. The van der Waals surface area contributed by atoms with Crippen molar-refractivity contribution in [3.05, 3.63) is 62.5 Å². The predicted molar refractivity (Wildman–Crippen MR) is 71.5 cm³/mol. The molecule has 1 aromatic carbocycles. The highest BCUT2D eigenvalue weighted by atomic mass is 35.5. The molecule has 0 unspecified atom stereocenters. The summed E-state index contributed by atoms with van der Waals surface area (Å²) in [6, 6.07) is 7.46. The number of aromatic nitrogens is 1. The second kappa shape index (κ2) is 5.25. The lowest BCUT2D eigenvalue weighted by Crippen LogP contribution is -2.14. The highest BCUT2D eigenvalue weighted by molar-refractivity contribution is 6.36. The van der Waals surface area contributed by atoms with E-state index in [-0.39, 0.29) is 11.5 Å². The normalized spacial score (nSPS) is 10.1. The number of amides is 1. The SMILES string of the molecule is O=C(Nc1ccc(Cl)cc1Cl)c1ccc(=O)[nH]c1. The Balaban J connectivity index is 2.21. The molecule has 1 amide bonds. The van der Waals surface area contributed by atoms with Gasteiger partial charge >= 0.3 is 0 Å². The lowest BCUT2D eigenvalue weighted by molar-refractivity contribution is 0.102. The molecule has 0 bridgehead atoms. The number of pyridine rings is 1. The molecule has 2 rings (SSSR count). The van der Waals surface area contributed by atoms with Gasteiger partial charge in [0.15, 0.2) is 0 Å². The van der Waals surface area contributed by atoms with E-state index in [9.17, 15) is 9.59 Å². The van der Waals surface area contributed by atoms with Gasteiger partial charge < -0.3 is 10.3 Å². The van der Waals surface area contributed by atoms with E-state index in [2.05, 4.69) is 10.3 Å². The maximum atomic E-state index is 11.8. The number of hydrogen-bond donors (Lipinski definition) is 2. The van der Waals surface area contributed by atoms with E-state index in [1.807, 2.05) is 0 Å². The fourth-order valence-electron chi connectivity index (χ4n) is 1.34. The number of aromatic amines is 1. The Morgan fingerprint density at radius 1 is 1.17 bits per heavy atom. The van der Waals surface area contributed by atoms with E-state index in [4.69, 9.17) is 23.2 Å². The summed E-state index contributed by atoms with van der Waals surface area (Å²) in [6.45, 7) is 0. The van der Waals surface area contributed by atoms with Crippen molar-refractivity contribution in [1.82, 2.24) is 4.98 Å². The van der Waals surface area contributed by atoms with E-state index in [1.165, 1.54) is 24.4 Å². The van der Waals surface area contributed by atoms with Crippen LogP contribution in [0.2, 0.25) is 10.0 Å². The summed E-state index contributed by atoms with van der Waals surface area (Å²) in [5, 5.41) is 3.46. The number of rotatable bonds is 2. The molecule has 1 heterocycles. The molecule has 18 heavy (non-hydrogen) atoms. The van der Waals surface area contributed by atoms with Crippen molar-refractivity contribution in [3.8, 4) is 0 Å². The summed E-state index contributed by atoms with van der Waals surface area (Å²) >= 11 is 11.7. The first kappa shape index (κ1) is 12.7. The Morgan fingerprint density at radius 3 is 2.56 bits per heavy atom. The maximum absolute atomic E-state index is 11.8. The van der Waals surface area contributed by atoms with Crippen LogP contribution in [0.4, 0.5) is 5.69 Å². The number of carbonyl (C=O) groups is 1. The number of halogens is 2. The van der Waals surface area contributed by atoms with Crippen LogP contribution in [0, 0.1) is 0 Å². The first-order valence-electron chi connectivity index (χ1n) is 5.01. The van der Waals surface area contributed by atoms with Gasteiger partial charge in [0.2, 0.25) is 5.56 Å². The number of H-pyrrole nitrogens is 1. The lowest BCUT2D eigenvalue weighted by atomic mass is 10.2. The second-order valence-electron chi connectivity index (χ2n) is 3.52. The summed E-state index contributed by atoms with van der Waals surface area (Å²) in [5.74, 6) is -0.365. The third-order valence-corrected chi connectivity index (χ3v) is 2.77. The number of carbonyl (C=O) groups excluding carboxylic acids is 1. The quantitative estimate of drug-likeness (QED) is 0.890. The summed E-state index contributed by atoms with van der Waals surface area (Å²) in [6.07, 6.45) is 1.33. The minimum absolute atomic E-state index is 0.268. The Hall–Kier alpha value is -1.78. The predicted octanol–water partition coefficient (Wildman–Crippen LogP) is 2.93. The van der Waals surface area contributed by atoms with Crippen LogP contribution in [0.5, 0.6) is 0 Å². The molecule has 0 fully saturated rings. The average molecular weight is 283 g/mol. The summed E-state index contributed by atoms with van der Waals surface area (Å²) in [5.41, 5.74) is 0.522. The van der Waals surface area contributed by atoms with E-state index in [0.29, 0.717) is 21.3 Å². The monoisotopic (exact) mass is 282 g/mol. The highest BCUT2D eigenvalue weighted by Gasteiger charge is 2.08. The van der Waals surface area contributed by atoms with Crippen molar-refractivity contribution in [2.45, 2.75) is 0 Å². The fourth-order valence-corrected chi connectivity index (χ4v) is 1.79. The number of benzene rings is 1. The van der Waals surface area contributed by atoms with E-state index < -0.39 is 0 Å². The van der Waals surface area contributed by atoms with Crippen LogP contribution in [-0.2, 0) is 0 Å². The molecule has 0 radical (unpaired) electrons. The van der Waals surface area contributed by atoms with Gasteiger partial charge in [0, 0.05) is 17.3 Å². The molecule has 0 spiro atoms. The van der Waals surface area contributed by atoms with Crippen molar-refractivity contribution in [2.24, 2.45) is 0 Å². The molecule has 4 nitrogen and oxygen atoms in total.